The number of rotatable bonds is 2. The third-order valence-corrected chi connectivity index (χ3v) is 3.68. The van der Waals surface area contributed by atoms with Crippen molar-refractivity contribution < 1.29 is 4.74 Å². The van der Waals surface area contributed by atoms with Crippen molar-refractivity contribution in [2.45, 2.75) is 6.92 Å². The van der Waals surface area contributed by atoms with Crippen LogP contribution in [0.1, 0.15) is 5.69 Å². The molecule has 0 amide bonds. The lowest BCUT2D eigenvalue weighted by molar-refractivity contribution is 0.487. The molecule has 20 heavy (non-hydrogen) atoms. The number of anilines is 1. The maximum atomic E-state index is 5.98. The minimum atomic E-state index is 0.704. The minimum Gasteiger partial charge on any atom is -0.457 e. The molecule has 1 heterocycles. The van der Waals surface area contributed by atoms with Crippen LogP contribution in [0, 0.1) is 10.5 Å². The van der Waals surface area contributed by atoms with E-state index in [0.717, 1.165) is 28.1 Å². The number of ether oxygens (including phenoxy) is 1. The Morgan fingerprint density at radius 3 is 2.55 bits per heavy atom. The fraction of sp³-hybridized carbons (Fsp3) is 0.0625. The van der Waals surface area contributed by atoms with Gasteiger partial charge in [0.1, 0.15) is 11.5 Å². The Hall–Kier alpha value is -1.82. The Labute approximate surface area is 130 Å². The van der Waals surface area contributed by atoms with Crippen molar-refractivity contribution in [3.8, 4) is 11.5 Å². The molecular weight excluding hydrogens is 363 g/mol. The van der Waals surface area contributed by atoms with Crippen molar-refractivity contribution in [3.05, 3.63) is 57.8 Å². The molecule has 2 aromatic carbocycles. The van der Waals surface area contributed by atoms with Crippen LogP contribution in [0.2, 0.25) is 0 Å². The second-order valence-corrected chi connectivity index (χ2v) is 5.84. The third-order valence-electron chi connectivity index (χ3n) is 2.96. The normalized spacial score (nSPS) is 10.7. The van der Waals surface area contributed by atoms with Crippen molar-refractivity contribution in [3.63, 3.8) is 0 Å². The lowest BCUT2D eigenvalue weighted by Crippen LogP contribution is -1.92. The number of hydrogen-bond acceptors (Lipinski definition) is 3. The molecule has 4 heteroatoms. The summed E-state index contributed by atoms with van der Waals surface area (Å²) in [6.07, 6.45) is 0. The van der Waals surface area contributed by atoms with Gasteiger partial charge in [-0.1, -0.05) is 0 Å². The molecule has 0 radical (unpaired) electrons. The molecule has 100 valence electrons. The summed E-state index contributed by atoms with van der Waals surface area (Å²) in [5, 5.41) is 0.925. The Balaban J connectivity index is 2.10. The molecule has 0 bridgehead atoms. The van der Waals surface area contributed by atoms with Gasteiger partial charge in [0.2, 0.25) is 0 Å². The van der Waals surface area contributed by atoms with Crippen LogP contribution in [0.4, 0.5) is 5.69 Å². The monoisotopic (exact) mass is 376 g/mol. The molecule has 0 saturated carbocycles. The summed E-state index contributed by atoms with van der Waals surface area (Å²) in [6, 6.07) is 15.5. The molecule has 0 aliphatic rings. The van der Waals surface area contributed by atoms with Crippen LogP contribution < -0.4 is 10.5 Å². The van der Waals surface area contributed by atoms with E-state index in [1.807, 2.05) is 55.5 Å². The van der Waals surface area contributed by atoms with Crippen molar-refractivity contribution >= 4 is 39.2 Å². The van der Waals surface area contributed by atoms with E-state index < -0.39 is 0 Å². The number of nitrogen functional groups attached to an aromatic ring is 1. The lowest BCUT2D eigenvalue weighted by Gasteiger charge is -2.10. The second-order valence-electron chi connectivity index (χ2n) is 4.59. The Bertz CT molecular complexity index is 769. The zero-order valence-electron chi connectivity index (χ0n) is 10.9. The Morgan fingerprint density at radius 2 is 1.80 bits per heavy atom. The highest BCUT2D eigenvalue weighted by Gasteiger charge is 2.07. The van der Waals surface area contributed by atoms with Crippen LogP contribution in [0.15, 0.2) is 48.5 Å². The Kier molecular flexibility index (Phi) is 3.48. The summed E-state index contributed by atoms with van der Waals surface area (Å²) in [6.45, 7) is 1.95. The van der Waals surface area contributed by atoms with Crippen LogP contribution in [-0.2, 0) is 0 Å². The van der Waals surface area contributed by atoms with Gasteiger partial charge in [-0.15, -0.1) is 0 Å². The van der Waals surface area contributed by atoms with Crippen molar-refractivity contribution in [2.24, 2.45) is 0 Å². The first-order valence-corrected chi connectivity index (χ1v) is 7.30. The maximum Gasteiger partial charge on any atom is 0.138 e. The van der Waals surface area contributed by atoms with Crippen LogP contribution in [0.5, 0.6) is 11.5 Å². The molecule has 0 fully saturated rings. The topological polar surface area (TPSA) is 48.1 Å². The van der Waals surface area contributed by atoms with E-state index in [1.165, 1.54) is 3.57 Å². The minimum absolute atomic E-state index is 0.704. The Morgan fingerprint density at radius 1 is 1.05 bits per heavy atom. The summed E-state index contributed by atoms with van der Waals surface area (Å²) in [4.78, 5) is 4.50. The zero-order chi connectivity index (χ0) is 14.1. The first kappa shape index (κ1) is 13.2. The van der Waals surface area contributed by atoms with Crippen LogP contribution in [0.3, 0.4) is 0 Å². The van der Waals surface area contributed by atoms with E-state index in [2.05, 4.69) is 27.6 Å². The van der Waals surface area contributed by atoms with Gasteiger partial charge in [-0.3, -0.25) is 4.98 Å². The summed E-state index contributed by atoms with van der Waals surface area (Å²) in [5.41, 5.74) is 8.37. The first-order chi connectivity index (χ1) is 9.61. The molecule has 0 spiro atoms. The summed E-state index contributed by atoms with van der Waals surface area (Å²) in [5.74, 6) is 1.58. The fourth-order valence-electron chi connectivity index (χ4n) is 2.05. The highest BCUT2D eigenvalue weighted by molar-refractivity contribution is 14.1. The third kappa shape index (κ3) is 2.70. The zero-order valence-corrected chi connectivity index (χ0v) is 13.1. The predicted octanol–water partition coefficient (Wildman–Crippen LogP) is 4.52. The number of nitrogens with two attached hydrogens (primary N) is 1. The summed E-state index contributed by atoms with van der Waals surface area (Å²) in [7, 11) is 0. The van der Waals surface area contributed by atoms with E-state index in [9.17, 15) is 0 Å². The van der Waals surface area contributed by atoms with Crippen molar-refractivity contribution in [1.82, 2.24) is 4.98 Å². The maximum absolute atomic E-state index is 5.98. The molecule has 0 atom stereocenters. The molecule has 3 rings (SSSR count). The summed E-state index contributed by atoms with van der Waals surface area (Å²) >= 11 is 2.27. The molecular formula is C16H13IN2O. The number of pyridine rings is 1. The molecule has 0 saturated heterocycles. The molecule has 0 aliphatic heterocycles. The first-order valence-electron chi connectivity index (χ1n) is 6.22. The van der Waals surface area contributed by atoms with E-state index in [-0.39, 0.29) is 0 Å². The number of fused-ring (bicyclic) bond motifs is 1. The molecule has 3 aromatic rings. The van der Waals surface area contributed by atoms with Gasteiger partial charge in [-0.25, -0.2) is 0 Å². The summed E-state index contributed by atoms with van der Waals surface area (Å²) < 4.78 is 7.16. The van der Waals surface area contributed by atoms with E-state index >= 15 is 0 Å². The predicted molar refractivity (Wildman–Crippen MR) is 90.1 cm³/mol. The second kappa shape index (κ2) is 5.28. The van der Waals surface area contributed by atoms with Gasteiger partial charge in [0, 0.05) is 26.4 Å². The quantitative estimate of drug-likeness (QED) is 0.529. The molecule has 3 nitrogen and oxygen atoms in total. The van der Waals surface area contributed by atoms with E-state index in [0.29, 0.717) is 5.69 Å². The largest absolute Gasteiger partial charge is 0.457 e. The average Bonchev–Trinajstić information content (AvgIpc) is 2.42. The van der Waals surface area contributed by atoms with E-state index in [4.69, 9.17) is 10.5 Å². The van der Waals surface area contributed by atoms with Crippen LogP contribution >= 0.6 is 22.6 Å². The van der Waals surface area contributed by atoms with Gasteiger partial charge >= 0.3 is 0 Å². The van der Waals surface area contributed by atoms with E-state index in [1.54, 1.807) is 0 Å². The smallest absolute Gasteiger partial charge is 0.138 e. The number of aromatic nitrogens is 1. The SMILES string of the molecule is Cc1cc(Oc2ccc(I)cc2)c2cc(N)ccc2n1. The highest BCUT2D eigenvalue weighted by atomic mass is 127. The number of hydrogen-bond donors (Lipinski definition) is 1. The fourth-order valence-corrected chi connectivity index (χ4v) is 2.41. The van der Waals surface area contributed by atoms with Crippen LogP contribution in [-0.4, -0.2) is 4.98 Å². The highest BCUT2D eigenvalue weighted by Crippen LogP contribution is 2.31. The van der Waals surface area contributed by atoms with Gasteiger partial charge < -0.3 is 10.5 Å². The van der Waals surface area contributed by atoms with Gasteiger partial charge in [-0.2, -0.15) is 0 Å². The van der Waals surface area contributed by atoms with Gasteiger partial charge in [0.15, 0.2) is 0 Å². The van der Waals surface area contributed by atoms with Gasteiger partial charge in [0.25, 0.3) is 0 Å². The average molecular weight is 376 g/mol. The van der Waals surface area contributed by atoms with Crippen LogP contribution in [0.25, 0.3) is 10.9 Å². The lowest BCUT2D eigenvalue weighted by atomic mass is 10.1. The van der Waals surface area contributed by atoms with Crippen molar-refractivity contribution in [1.29, 1.82) is 0 Å². The number of halogens is 1. The number of benzene rings is 2. The molecule has 2 N–H and O–H groups in total. The molecule has 0 aliphatic carbocycles. The number of nitrogens with zero attached hydrogens (tertiary/aromatic N) is 1. The molecule has 0 unspecified atom stereocenters. The van der Waals surface area contributed by atoms with Gasteiger partial charge in [-0.05, 0) is 72.0 Å². The number of aryl methyl sites for hydroxylation is 1. The standard InChI is InChI=1S/C16H13IN2O/c1-10-8-16(20-13-5-2-11(17)3-6-13)14-9-12(18)4-7-15(14)19-10/h2-9H,18H2,1H3. The molecule has 1 aromatic heterocycles. The van der Waals surface area contributed by atoms with Crippen molar-refractivity contribution in [2.75, 3.05) is 5.73 Å². The van der Waals surface area contributed by atoms with Gasteiger partial charge in [0.05, 0.1) is 5.52 Å².